The number of benzene rings is 1. The van der Waals surface area contributed by atoms with Crippen LogP contribution in [-0.4, -0.2) is 12.7 Å². The van der Waals surface area contributed by atoms with Crippen LogP contribution in [0.4, 0.5) is 0 Å². The predicted octanol–water partition coefficient (Wildman–Crippen LogP) is 1.91. The lowest BCUT2D eigenvalue weighted by molar-refractivity contribution is 0.433. The molecule has 100 valence electrons. The molecule has 0 saturated heterocycles. The summed E-state index contributed by atoms with van der Waals surface area (Å²) in [5, 5.41) is 0. The van der Waals surface area contributed by atoms with E-state index < -0.39 is 10.0 Å². The summed E-state index contributed by atoms with van der Waals surface area (Å²) in [7, 11) is -3.40. The van der Waals surface area contributed by atoms with Crippen LogP contribution in [0.3, 0.4) is 0 Å². The molecule has 3 rings (SSSR count). The zero-order valence-electron chi connectivity index (χ0n) is 10.2. The molecule has 0 unspecified atom stereocenters. The molecule has 2 N–H and O–H groups in total. The molecule has 4 nitrogen and oxygen atoms in total. The summed E-state index contributed by atoms with van der Waals surface area (Å²) in [6, 6.07) is 11.3. The van der Waals surface area contributed by atoms with E-state index in [1.165, 1.54) is 15.6 Å². The molecule has 2 aromatic rings. The number of fused-ring (bicyclic) bond motifs is 1. The molecule has 0 aliphatic carbocycles. The normalized spacial score (nSPS) is 15.6. The summed E-state index contributed by atoms with van der Waals surface area (Å²) in [4.78, 5) is 0.885. The van der Waals surface area contributed by atoms with E-state index in [0.717, 1.165) is 16.0 Å². The summed E-state index contributed by atoms with van der Waals surface area (Å²) < 4.78 is 26.9. The van der Waals surface area contributed by atoms with Crippen LogP contribution >= 0.6 is 11.3 Å². The van der Waals surface area contributed by atoms with Crippen molar-refractivity contribution in [3.63, 3.8) is 0 Å². The van der Waals surface area contributed by atoms with Gasteiger partial charge in [-0.15, -0.1) is 11.3 Å². The highest BCUT2D eigenvalue weighted by Crippen LogP contribution is 2.31. The summed E-state index contributed by atoms with van der Waals surface area (Å²) >= 11 is 1.25. The third-order valence-corrected chi connectivity index (χ3v) is 6.61. The minimum atomic E-state index is -3.40. The van der Waals surface area contributed by atoms with Crippen molar-refractivity contribution in [1.82, 2.24) is 4.31 Å². The number of hydrogen-bond acceptors (Lipinski definition) is 4. The Kier molecular flexibility index (Phi) is 3.18. The molecule has 0 atom stereocenters. The highest BCUT2D eigenvalue weighted by atomic mass is 32.2. The summed E-state index contributed by atoms with van der Waals surface area (Å²) in [6.07, 6.45) is 0. The summed E-state index contributed by atoms with van der Waals surface area (Å²) in [5.74, 6) is 0. The minimum Gasteiger partial charge on any atom is -0.326 e. The Morgan fingerprint density at radius 2 is 1.74 bits per heavy atom. The Hall–Kier alpha value is -1.21. The largest absolute Gasteiger partial charge is 0.326 e. The zero-order valence-corrected chi connectivity index (χ0v) is 11.9. The molecule has 2 heterocycles. The van der Waals surface area contributed by atoms with Crippen LogP contribution in [0.15, 0.2) is 40.6 Å². The molecule has 0 radical (unpaired) electrons. The average Bonchev–Trinajstić information content (AvgIpc) is 3.05. The van der Waals surface area contributed by atoms with Crippen molar-refractivity contribution in [2.45, 2.75) is 23.8 Å². The molecule has 0 spiro atoms. The van der Waals surface area contributed by atoms with Crippen molar-refractivity contribution in [2.24, 2.45) is 5.73 Å². The lowest BCUT2D eigenvalue weighted by atomic mass is 10.1. The van der Waals surface area contributed by atoms with Gasteiger partial charge >= 0.3 is 0 Å². The summed E-state index contributed by atoms with van der Waals surface area (Å²) in [5.41, 5.74) is 7.70. The quantitative estimate of drug-likeness (QED) is 0.940. The van der Waals surface area contributed by atoms with E-state index >= 15 is 0 Å². The van der Waals surface area contributed by atoms with E-state index in [1.807, 2.05) is 24.3 Å². The van der Waals surface area contributed by atoms with Crippen molar-refractivity contribution in [3.8, 4) is 0 Å². The van der Waals surface area contributed by atoms with Crippen molar-refractivity contribution in [3.05, 3.63) is 52.4 Å². The second-order valence-electron chi connectivity index (χ2n) is 4.47. The van der Waals surface area contributed by atoms with Crippen LogP contribution in [0.5, 0.6) is 0 Å². The predicted molar refractivity (Wildman–Crippen MR) is 75.1 cm³/mol. The molecule has 1 aliphatic rings. The van der Waals surface area contributed by atoms with E-state index in [1.54, 1.807) is 12.1 Å². The van der Waals surface area contributed by atoms with Gasteiger partial charge in [0.1, 0.15) is 4.21 Å². The van der Waals surface area contributed by atoms with Gasteiger partial charge in [-0.3, -0.25) is 0 Å². The van der Waals surface area contributed by atoms with Crippen molar-refractivity contribution < 1.29 is 8.42 Å². The second-order valence-corrected chi connectivity index (χ2v) is 7.80. The fraction of sp³-hybridized carbons (Fsp3) is 0.231. The Morgan fingerprint density at radius 3 is 2.26 bits per heavy atom. The van der Waals surface area contributed by atoms with Gasteiger partial charge in [-0.25, -0.2) is 8.42 Å². The van der Waals surface area contributed by atoms with Gasteiger partial charge in [0.15, 0.2) is 0 Å². The van der Waals surface area contributed by atoms with Crippen LogP contribution in [0, 0.1) is 0 Å². The molecular weight excluding hydrogens is 280 g/mol. The number of nitrogens with two attached hydrogens (primary N) is 1. The van der Waals surface area contributed by atoms with Crippen LogP contribution in [0.1, 0.15) is 16.0 Å². The molecule has 0 bridgehead atoms. The van der Waals surface area contributed by atoms with Crippen LogP contribution in [0.2, 0.25) is 0 Å². The van der Waals surface area contributed by atoms with Crippen molar-refractivity contribution >= 4 is 21.4 Å². The maximum absolute atomic E-state index is 12.5. The van der Waals surface area contributed by atoms with Gasteiger partial charge in [-0.05, 0) is 23.3 Å². The first-order valence-electron chi connectivity index (χ1n) is 5.97. The van der Waals surface area contributed by atoms with Gasteiger partial charge in [0.25, 0.3) is 10.0 Å². The fourth-order valence-corrected chi connectivity index (χ4v) is 4.99. The zero-order chi connectivity index (χ0) is 13.5. The van der Waals surface area contributed by atoms with Gasteiger partial charge in [-0.1, -0.05) is 24.3 Å². The number of hydrogen-bond donors (Lipinski definition) is 1. The van der Waals surface area contributed by atoms with Gasteiger partial charge in [-0.2, -0.15) is 4.31 Å². The SMILES string of the molecule is NCc1ccc(S(=O)(=O)N2Cc3ccccc3C2)s1. The molecular formula is C13H14N2O2S2. The standard InChI is InChI=1S/C13H14N2O2S2/c14-7-12-5-6-13(18-12)19(16,17)15-8-10-3-1-2-4-11(10)9-15/h1-6H,7-9,14H2. The third-order valence-electron chi connectivity index (χ3n) is 3.24. The summed E-state index contributed by atoms with van der Waals surface area (Å²) in [6.45, 7) is 1.28. The fourth-order valence-electron chi connectivity index (χ4n) is 2.21. The van der Waals surface area contributed by atoms with Gasteiger partial charge in [0.05, 0.1) is 0 Å². The average molecular weight is 294 g/mol. The van der Waals surface area contributed by atoms with Gasteiger partial charge in [0.2, 0.25) is 0 Å². The van der Waals surface area contributed by atoms with Crippen LogP contribution in [-0.2, 0) is 29.7 Å². The maximum atomic E-state index is 12.5. The van der Waals surface area contributed by atoms with Crippen LogP contribution in [0.25, 0.3) is 0 Å². The topological polar surface area (TPSA) is 63.4 Å². The lowest BCUT2D eigenvalue weighted by Crippen LogP contribution is -2.24. The minimum absolute atomic E-state index is 0.375. The lowest BCUT2D eigenvalue weighted by Gasteiger charge is -2.13. The molecule has 1 aromatic carbocycles. The van der Waals surface area contributed by atoms with E-state index in [9.17, 15) is 8.42 Å². The Balaban J connectivity index is 1.91. The second kappa shape index (κ2) is 4.72. The molecule has 1 aliphatic heterocycles. The molecule has 19 heavy (non-hydrogen) atoms. The van der Waals surface area contributed by atoms with Gasteiger partial charge in [0, 0.05) is 24.5 Å². The van der Waals surface area contributed by atoms with Crippen molar-refractivity contribution in [1.29, 1.82) is 0 Å². The Bertz CT molecular complexity index is 682. The number of rotatable bonds is 3. The first kappa shape index (κ1) is 12.8. The van der Waals surface area contributed by atoms with Crippen molar-refractivity contribution in [2.75, 3.05) is 0 Å². The highest BCUT2D eigenvalue weighted by Gasteiger charge is 2.31. The Morgan fingerprint density at radius 1 is 1.11 bits per heavy atom. The van der Waals surface area contributed by atoms with E-state index in [-0.39, 0.29) is 0 Å². The van der Waals surface area contributed by atoms with E-state index in [4.69, 9.17) is 5.73 Å². The maximum Gasteiger partial charge on any atom is 0.253 e. The van der Waals surface area contributed by atoms with E-state index in [0.29, 0.717) is 23.8 Å². The molecule has 1 aromatic heterocycles. The first-order chi connectivity index (χ1) is 9.11. The van der Waals surface area contributed by atoms with E-state index in [2.05, 4.69) is 0 Å². The van der Waals surface area contributed by atoms with Gasteiger partial charge < -0.3 is 5.73 Å². The third kappa shape index (κ3) is 2.21. The number of sulfonamides is 1. The molecule has 0 amide bonds. The molecule has 6 heteroatoms. The number of thiophene rings is 1. The first-order valence-corrected chi connectivity index (χ1v) is 8.22. The molecule has 0 fully saturated rings. The molecule has 0 saturated carbocycles. The van der Waals surface area contributed by atoms with Crippen LogP contribution < -0.4 is 5.73 Å². The Labute approximate surface area is 116 Å². The highest BCUT2D eigenvalue weighted by molar-refractivity contribution is 7.91. The number of nitrogens with zero attached hydrogens (tertiary/aromatic N) is 1. The smallest absolute Gasteiger partial charge is 0.253 e. The monoisotopic (exact) mass is 294 g/mol.